The van der Waals surface area contributed by atoms with Crippen LogP contribution < -0.4 is 16.0 Å². The van der Waals surface area contributed by atoms with E-state index >= 15 is 0 Å². The first kappa shape index (κ1) is 21.1. The molecule has 0 saturated heterocycles. The minimum Gasteiger partial charge on any atom is -0.335 e. The van der Waals surface area contributed by atoms with Gasteiger partial charge < -0.3 is 10.6 Å². The highest BCUT2D eigenvalue weighted by molar-refractivity contribution is 7.10. The molecular weight excluding hydrogens is 358 g/mol. The second-order valence-corrected chi connectivity index (χ2v) is 8.06. The molecule has 0 bridgehead atoms. The van der Waals surface area contributed by atoms with Gasteiger partial charge >= 0.3 is 6.03 Å². The van der Waals surface area contributed by atoms with E-state index in [9.17, 15) is 9.59 Å². The molecule has 2 atom stereocenters. The summed E-state index contributed by atoms with van der Waals surface area (Å²) in [4.78, 5) is 25.2. The third-order valence-electron chi connectivity index (χ3n) is 4.59. The largest absolute Gasteiger partial charge is 0.335 e. The standard InChI is InChI=1S/C21H29N3O2S/c1-5-15(4)23-21(26)24-19(25)13-22-20(18-7-6-12-27-18)17-10-8-16(9-11-17)14(2)3/h6-12,14-15,20,22H,5,13H2,1-4H3,(H2,23,24,25,26)/p+1/t15-,20+/m0/s1. The highest BCUT2D eigenvalue weighted by Gasteiger charge is 2.21. The van der Waals surface area contributed by atoms with Crippen molar-refractivity contribution >= 4 is 23.3 Å². The number of hydrogen-bond donors (Lipinski definition) is 3. The van der Waals surface area contributed by atoms with Crippen LogP contribution in [0.1, 0.15) is 62.1 Å². The molecule has 3 amide bonds. The topological polar surface area (TPSA) is 74.8 Å². The van der Waals surface area contributed by atoms with Crippen LogP contribution in [-0.4, -0.2) is 24.5 Å². The summed E-state index contributed by atoms with van der Waals surface area (Å²) < 4.78 is 0. The van der Waals surface area contributed by atoms with Crippen molar-refractivity contribution in [2.45, 2.75) is 52.1 Å². The Morgan fingerprint density at radius 1 is 1.07 bits per heavy atom. The summed E-state index contributed by atoms with van der Waals surface area (Å²) >= 11 is 1.67. The lowest BCUT2D eigenvalue weighted by atomic mass is 9.98. The summed E-state index contributed by atoms with van der Waals surface area (Å²) in [5.74, 6) is 0.189. The summed E-state index contributed by atoms with van der Waals surface area (Å²) in [6.45, 7) is 8.42. The van der Waals surface area contributed by atoms with Crippen LogP contribution in [0.2, 0.25) is 0 Å². The van der Waals surface area contributed by atoms with Crippen LogP contribution in [0, 0.1) is 0 Å². The van der Waals surface area contributed by atoms with Gasteiger partial charge in [-0.25, -0.2) is 4.79 Å². The van der Waals surface area contributed by atoms with Crippen LogP contribution in [-0.2, 0) is 4.79 Å². The van der Waals surface area contributed by atoms with E-state index in [2.05, 4.69) is 54.8 Å². The van der Waals surface area contributed by atoms with Gasteiger partial charge in [-0.3, -0.25) is 10.1 Å². The first-order valence-electron chi connectivity index (χ1n) is 9.47. The number of thiophene rings is 1. The zero-order valence-electron chi connectivity index (χ0n) is 16.5. The number of quaternary nitrogens is 1. The lowest BCUT2D eigenvalue weighted by molar-refractivity contribution is -0.676. The van der Waals surface area contributed by atoms with Crippen molar-refractivity contribution in [2.75, 3.05) is 6.54 Å². The Morgan fingerprint density at radius 2 is 1.74 bits per heavy atom. The van der Waals surface area contributed by atoms with Crippen molar-refractivity contribution in [3.63, 3.8) is 0 Å². The fourth-order valence-corrected chi connectivity index (χ4v) is 3.59. The average molecular weight is 389 g/mol. The first-order chi connectivity index (χ1) is 12.9. The number of benzene rings is 1. The molecule has 4 N–H and O–H groups in total. The van der Waals surface area contributed by atoms with Crippen LogP contribution in [0.25, 0.3) is 0 Å². The van der Waals surface area contributed by atoms with E-state index in [0.717, 1.165) is 12.0 Å². The molecule has 2 aromatic rings. The molecule has 0 aliphatic heterocycles. The molecule has 1 aromatic heterocycles. The Balaban J connectivity index is 2.01. The smallest absolute Gasteiger partial charge is 0.321 e. The maximum Gasteiger partial charge on any atom is 0.321 e. The summed E-state index contributed by atoms with van der Waals surface area (Å²) in [6.07, 6.45) is 0.820. The number of imide groups is 1. The maximum atomic E-state index is 12.2. The van der Waals surface area contributed by atoms with Crippen molar-refractivity contribution in [1.82, 2.24) is 10.6 Å². The van der Waals surface area contributed by atoms with Crippen LogP contribution >= 0.6 is 11.3 Å². The van der Waals surface area contributed by atoms with E-state index in [4.69, 9.17) is 0 Å². The first-order valence-corrected chi connectivity index (χ1v) is 10.4. The summed E-state index contributed by atoms with van der Waals surface area (Å²) in [5, 5.41) is 9.16. The van der Waals surface area contributed by atoms with E-state index in [1.807, 2.05) is 30.6 Å². The number of rotatable bonds is 8. The Hall–Kier alpha value is -2.18. The second-order valence-electron chi connectivity index (χ2n) is 7.09. The molecule has 0 saturated carbocycles. The molecule has 0 spiro atoms. The molecule has 1 heterocycles. The summed E-state index contributed by atoms with van der Waals surface area (Å²) in [6, 6.07) is 12.3. The molecule has 2 rings (SSSR count). The zero-order chi connectivity index (χ0) is 19.8. The van der Waals surface area contributed by atoms with Crippen LogP contribution in [0.3, 0.4) is 0 Å². The number of urea groups is 1. The van der Waals surface area contributed by atoms with E-state index < -0.39 is 6.03 Å². The summed E-state index contributed by atoms with van der Waals surface area (Å²) in [7, 11) is 0. The number of carbonyl (C=O) groups is 2. The van der Waals surface area contributed by atoms with E-state index in [-0.39, 0.29) is 24.5 Å². The lowest BCUT2D eigenvalue weighted by Crippen LogP contribution is -2.87. The number of nitrogens with two attached hydrogens (primary N) is 1. The molecule has 0 unspecified atom stereocenters. The molecule has 0 fully saturated rings. The van der Waals surface area contributed by atoms with Crippen molar-refractivity contribution in [1.29, 1.82) is 0 Å². The molecule has 27 heavy (non-hydrogen) atoms. The predicted octanol–water partition coefficient (Wildman–Crippen LogP) is 3.15. The molecule has 5 nitrogen and oxygen atoms in total. The van der Waals surface area contributed by atoms with Gasteiger partial charge in [0.1, 0.15) is 6.04 Å². The molecule has 0 radical (unpaired) electrons. The SMILES string of the molecule is CC[C@H](C)NC(=O)NC(=O)C[NH2+][C@H](c1ccc(C(C)C)cc1)c1cccs1. The monoisotopic (exact) mass is 388 g/mol. The minimum absolute atomic E-state index is 0.0367. The number of nitrogens with one attached hydrogen (secondary N) is 2. The lowest BCUT2D eigenvalue weighted by Gasteiger charge is -2.16. The average Bonchev–Trinajstić information content (AvgIpc) is 3.16. The highest BCUT2D eigenvalue weighted by Crippen LogP contribution is 2.24. The molecule has 0 aliphatic carbocycles. The van der Waals surface area contributed by atoms with Gasteiger partial charge in [0, 0.05) is 11.6 Å². The van der Waals surface area contributed by atoms with Crippen molar-refractivity contribution < 1.29 is 14.9 Å². The van der Waals surface area contributed by atoms with E-state index in [1.54, 1.807) is 11.3 Å². The van der Waals surface area contributed by atoms with Crippen molar-refractivity contribution in [2.24, 2.45) is 0 Å². The number of hydrogen-bond acceptors (Lipinski definition) is 3. The van der Waals surface area contributed by atoms with Gasteiger partial charge in [-0.1, -0.05) is 51.1 Å². The van der Waals surface area contributed by atoms with Crippen LogP contribution in [0.5, 0.6) is 0 Å². The van der Waals surface area contributed by atoms with Gasteiger partial charge in [0.15, 0.2) is 6.54 Å². The van der Waals surface area contributed by atoms with Crippen LogP contribution in [0.15, 0.2) is 41.8 Å². The molecule has 1 aromatic carbocycles. The maximum absolute atomic E-state index is 12.2. The van der Waals surface area contributed by atoms with Gasteiger partial charge in [-0.2, -0.15) is 0 Å². The van der Waals surface area contributed by atoms with Crippen molar-refractivity contribution in [3.05, 3.63) is 57.8 Å². The van der Waals surface area contributed by atoms with E-state index in [1.165, 1.54) is 10.4 Å². The third-order valence-corrected chi connectivity index (χ3v) is 5.55. The molecular formula is C21H30N3O2S+. The Bertz CT molecular complexity index is 726. The van der Waals surface area contributed by atoms with Crippen molar-refractivity contribution in [3.8, 4) is 0 Å². The number of amides is 3. The van der Waals surface area contributed by atoms with Gasteiger partial charge in [0.05, 0.1) is 4.88 Å². The predicted molar refractivity (Wildman–Crippen MR) is 110 cm³/mol. The van der Waals surface area contributed by atoms with Gasteiger partial charge in [0.25, 0.3) is 5.91 Å². The van der Waals surface area contributed by atoms with Gasteiger partial charge in [-0.05, 0) is 36.3 Å². The van der Waals surface area contributed by atoms with Crippen LogP contribution in [0.4, 0.5) is 4.79 Å². The zero-order valence-corrected chi connectivity index (χ0v) is 17.3. The van der Waals surface area contributed by atoms with E-state index in [0.29, 0.717) is 5.92 Å². The second kappa shape index (κ2) is 10.2. The molecule has 146 valence electrons. The minimum atomic E-state index is -0.434. The highest BCUT2D eigenvalue weighted by atomic mass is 32.1. The Labute approximate surface area is 165 Å². The Kier molecular flexibility index (Phi) is 8.00. The quantitative estimate of drug-likeness (QED) is 0.650. The van der Waals surface area contributed by atoms with Gasteiger partial charge in [-0.15, -0.1) is 11.3 Å². The summed E-state index contributed by atoms with van der Waals surface area (Å²) in [5.41, 5.74) is 2.45. The Morgan fingerprint density at radius 3 is 2.30 bits per heavy atom. The fourth-order valence-electron chi connectivity index (χ4n) is 2.74. The fraction of sp³-hybridized carbons (Fsp3) is 0.429. The third kappa shape index (κ3) is 6.48. The molecule has 0 aliphatic rings. The number of carbonyl (C=O) groups excluding carboxylic acids is 2. The normalized spacial score (nSPS) is 13.2. The molecule has 6 heteroatoms. The van der Waals surface area contributed by atoms with Gasteiger partial charge in [0.2, 0.25) is 0 Å².